The summed E-state index contributed by atoms with van der Waals surface area (Å²) in [6.07, 6.45) is 1.63. The van der Waals surface area contributed by atoms with Gasteiger partial charge in [-0.15, -0.1) is 6.58 Å². The van der Waals surface area contributed by atoms with Crippen molar-refractivity contribution in [3.8, 4) is 11.5 Å². The molecule has 138 valence electrons. The molecule has 0 radical (unpaired) electrons. The number of halogens is 2. The minimum absolute atomic E-state index is 0.0315. The molecule has 2 aromatic carbocycles. The number of aliphatic hydroxyl groups excluding tert-OH is 2. The molecule has 0 aliphatic rings. The number of aliphatic hydroxyl groups is 2. The van der Waals surface area contributed by atoms with Gasteiger partial charge in [-0.1, -0.05) is 29.8 Å². The molecule has 3 unspecified atom stereocenters. The lowest BCUT2D eigenvalue weighted by atomic mass is 10.1. The molecule has 4 nitrogen and oxygen atoms in total. The first-order valence-electron chi connectivity index (χ1n) is 7.95. The highest BCUT2D eigenvalue weighted by Crippen LogP contribution is 2.20. The van der Waals surface area contributed by atoms with Crippen molar-refractivity contribution in [3.05, 3.63) is 84.2 Å². The summed E-state index contributed by atoms with van der Waals surface area (Å²) in [5, 5.41) is 20.5. The molecule has 0 spiro atoms. The first kappa shape index (κ1) is 20.0. The van der Waals surface area contributed by atoms with E-state index in [1.165, 1.54) is 42.5 Å². The quantitative estimate of drug-likeness (QED) is 0.652. The van der Waals surface area contributed by atoms with Gasteiger partial charge in [0.05, 0.1) is 0 Å². The standard InChI is InChI=1S/C20H20ClFO4/c1-2-19(24)20(26-18-5-3-4-14(21)12-18)11-8-16(23)13-25-17-9-6-15(22)7-10-17/h2-12,16,19-20,23-24H,1,13H2/b11-8+. The molecule has 0 aliphatic carbocycles. The van der Waals surface area contributed by atoms with Gasteiger partial charge in [-0.05, 0) is 48.5 Å². The molecule has 26 heavy (non-hydrogen) atoms. The maximum atomic E-state index is 12.8. The van der Waals surface area contributed by atoms with Crippen LogP contribution in [-0.4, -0.2) is 35.1 Å². The average molecular weight is 379 g/mol. The molecule has 0 saturated carbocycles. The first-order valence-corrected chi connectivity index (χ1v) is 8.33. The van der Waals surface area contributed by atoms with E-state index in [9.17, 15) is 14.6 Å². The van der Waals surface area contributed by atoms with E-state index in [1.807, 2.05) is 0 Å². The van der Waals surface area contributed by atoms with E-state index >= 15 is 0 Å². The molecule has 0 amide bonds. The largest absolute Gasteiger partial charge is 0.491 e. The summed E-state index contributed by atoms with van der Waals surface area (Å²) < 4.78 is 23.9. The number of benzene rings is 2. The second-order valence-corrected chi connectivity index (χ2v) is 5.92. The van der Waals surface area contributed by atoms with Gasteiger partial charge >= 0.3 is 0 Å². The maximum Gasteiger partial charge on any atom is 0.146 e. The highest BCUT2D eigenvalue weighted by Gasteiger charge is 2.16. The van der Waals surface area contributed by atoms with E-state index in [0.29, 0.717) is 16.5 Å². The SMILES string of the molecule is C=CC(O)C(/C=C/C(O)COc1ccc(F)cc1)Oc1cccc(Cl)c1. The van der Waals surface area contributed by atoms with Crippen LogP contribution in [0.3, 0.4) is 0 Å². The Morgan fingerprint density at radius 3 is 2.46 bits per heavy atom. The summed E-state index contributed by atoms with van der Waals surface area (Å²) in [4.78, 5) is 0. The fourth-order valence-electron chi connectivity index (χ4n) is 2.06. The second-order valence-electron chi connectivity index (χ2n) is 5.48. The Hall–Kier alpha value is -2.34. The Balaban J connectivity index is 1.95. The summed E-state index contributed by atoms with van der Waals surface area (Å²) in [6, 6.07) is 12.2. The van der Waals surface area contributed by atoms with Gasteiger partial charge in [-0.2, -0.15) is 0 Å². The Labute approximate surface area is 156 Å². The van der Waals surface area contributed by atoms with Crippen molar-refractivity contribution < 1.29 is 24.1 Å². The van der Waals surface area contributed by atoms with Crippen LogP contribution >= 0.6 is 11.6 Å². The Kier molecular flexibility index (Phi) is 7.66. The fourth-order valence-corrected chi connectivity index (χ4v) is 2.24. The van der Waals surface area contributed by atoms with Gasteiger partial charge in [0.25, 0.3) is 0 Å². The van der Waals surface area contributed by atoms with Crippen LogP contribution in [-0.2, 0) is 0 Å². The minimum atomic E-state index is -0.976. The van der Waals surface area contributed by atoms with E-state index in [-0.39, 0.29) is 12.4 Å². The van der Waals surface area contributed by atoms with Crippen LogP contribution in [0.1, 0.15) is 0 Å². The topological polar surface area (TPSA) is 58.9 Å². The summed E-state index contributed by atoms with van der Waals surface area (Å²) in [6.45, 7) is 3.51. The molecular formula is C20H20ClFO4. The smallest absolute Gasteiger partial charge is 0.146 e. The highest BCUT2D eigenvalue weighted by molar-refractivity contribution is 6.30. The van der Waals surface area contributed by atoms with Gasteiger partial charge in [-0.25, -0.2) is 4.39 Å². The summed E-state index contributed by atoms with van der Waals surface area (Å²) in [5.74, 6) is 0.555. The Bertz CT molecular complexity index is 733. The van der Waals surface area contributed by atoms with Crippen LogP contribution in [0.25, 0.3) is 0 Å². The van der Waals surface area contributed by atoms with Gasteiger partial charge in [0.1, 0.15) is 42.2 Å². The van der Waals surface area contributed by atoms with Crippen molar-refractivity contribution in [1.82, 2.24) is 0 Å². The molecule has 0 bridgehead atoms. The molecule has 0 heterocycles. The molecule has 2 rings (SSSR count). The molecule has 0 aliphatic heterocycles. The summed E-state index contributed by atoms with van der Waals surface area (Å²) >= 11 is 5.92. The van der Waals surface area contributed by atoms with Crippen molar-refractivity contribution >= 4 is 11.6 Å². The van der Waals surface area contributed by atoms with Crippen molar-refractivity contribution in [2.75, 3.05) is 6.61 Å². The van der Waals surface area contributed by atoms with Crippen LogP contribution in [0, 0.1) is 5.82 Å². The Morgan fingerprint density at radius 1 is 1.08 bits per heavy atom. The fraction of sp³-hybridized carbons (Fsp3) is 0.200. The molecule has 0 aromatic heterocycles. The normalized spacial score (nSPS) is 14.6. The van der Waals surface area contributed by atoms with Crippen LogP contribution < -0.4 is 9.47 Å². The average Bonchev–Trinajstić information content (AvgIpc) is 2.64. The molecule has 3 atom stereocenters. The van der Waals surface area contributed by atoms with Gasteiger partial charge in [0.15, 0.2) is 0 Å². The number of ether oxygens (including phenoxy) is 2. The first-order chi connectivity index (χ1) is 12.5. The zero-order valence-corrected chi connectivity index (χ0v) is 14.7. The molecule has 0 saturated heterocycles. The lowest BCUT2D eigenvalue weighted by molar-refractivity contribution is 0.0952. The summed E-state index contributed by atoms with van der Waals surface area (Å²) in [5.41, 5.74) is 0. The molecular weight excluding hydrogens is 359 g/mol. The predicted octanol–water partition coefficient (Wildman–Crippen LogP) is 3.77. The van der Waals surface area contributed by atoms with Crippen LogP contribution in [0.2, 0.25) is 5.02 Å². The third-order valence-corrected chi connectivity index (χ3v) is 3.64. The van der Waals surface area contributed by atoms with Gasteiger partial charge in [0.2, 0.25) is 0 Å². The van der Waals surface area contributed by atoms with Crippen LogP contribution in [0.5, 0.6) is 11.5 Å². The minimum Gasteiger partial charge on any atom is -0.491 e. The third-order valence-electron chi connectivity index (χ3n) is 3.40. The van der Waals surface area contributed by atoms with E-state index in [4.69, 9.17) is 21.1 Å². The zero-order chi connectivity index (χ0) is 18.9. The van der Waals surface area contributed by atoms with Gasteiger partial charge in [0, 0.05) is 5.02 Å². The van der Waals surface area contributed by atoms with Crippen molar-refractivity contribution in [3.63, 3.8) is 0 Å². The third kappa shape index (κ3) is 6.52. The number of hydrogen-bond donors (Lipinski definition) is 2. The van der Waals surface area contributed by atoms with E-state index in [1.54, 1.807) is 24.3 Å². The summed E-state index contributed by atoms with van der Waals surface area (Å²) in [7, 11) is 0. The lowest BCUT2D eigenvalue weighted by Gasteiger charge is -2.19. The van der Waals surface area contributed by atoms with Crippen LogP contribution in [0.15, 0.2) is 73.3 Å². The maximum absolute atomic E-state index is 12.8. The molecule has 6 heteroatoms. The molecule has 0 fully saturated rings. The molecule has 2 aromatic rings. The Morgan fingerprint density at radius 2 is 1.81 bits per heavy atom. The highest BCUT2D eigenvalue weighted by atomic mass is 35.5. The number of hydrogen-bond acceptors (Lipinski definition) is 4. The zero-order valence-electron chi connectivity index (χ0n) is 14.0. The van der Waals surface area contributed by atoms with Crippen molar-refractivity contribution in [2.45, 2.75) is 18.3 Å². The van der Waals surface area contributed by atoms with E-state index in [2.05, 4.69) is 6.58 Å². The van der Waals surface area contributed by atoms with E-state index in [0.717, 1.165) is 0 Å². The lowest BCUT2D eigenvalue weighted by Crippen LogP contribution is -2.28. The number of rotatable bonds is 9. The monoisotopic (exact) mass is 378 g/mol. The van der Waals surface area contributed by atoms with Crippen LogP contribution in [0.4, 0.5) is 4.39 Å². The van der Waals surface area contributed by atoms with Gasteiger partial charge in [-0.3, -0.25) is 0 Å². The van der Waals surface area contributed by atoms with E-state index < -0.39 is 18.3 Å². The second kappa shape index (κ2) is 9.97. The van der Waals surface area contributed by atoms with Crippen molar-refractivity contribution in [1.29, 1.82) is 0 Å². The van der Waals surface area contributed by atoms with Gasteiger partial charge < -0.3 is 19.7 Å². The van der Waals surface area contributed by atoms with Crippen molar-refractivity contribution in [2.24, 2.45) is 0 Å². The molecule has 2 N–H and O–H groups in total. The predicted molar refractivity (Wildman–Crippen MR) is 99.1 cm³/mol.